The van der Waals surface area contributed by atoms with E-state index in [-0.39, 0.29) is 12.3 Å². The van der Waals surface area contributed by atoms with E-state index in [1.54, 1.807) is 20.1 Å². The second-order valence-electron chi connectivity index (χ2n) is 3.91. The molecule has 1 N–H and O–H groups in total. The van der Waals surface area contributed by atoms with Crippen molar-refractivity contribution >= 4 is 11.8 Å². The van der Waals surface area contributed by atoms with Crippen molar-refractivity contribution in [3.05, 3.63) is 41.6 Å². The second-order valence-corrected chi connectivity index (χ2v) is 3.91. The number of aromatic nitrogens is 1. The lowest BCUT2D eigenvalue weighted by Gasteiger charge is -2.03. The minimum absolute atomic E-state index is 0.142. The van der Waals surface area contributed by atoms with Crippen LogP contribution in [0.1, 0.15) is 11.3 Å². The highest BCUT2D eigenvalue weighted by Crippen LogP contribution is 2.13. The molecule has 5 nitrogen and oxygen atoms in total. The Hall–Kier alpha value is -2.30. The Morgan fingerprint density at radius 1 is 1.39 bits per heavy atom. The standard InChI is InChI=1S/C13H14N2O3/c1-9-7-13(18-15-9)14-12(16)8-10-3-5-11(17-2)6-4-10/h3-7H,8H2,1-2H3,(H,14,16). The average molecular weight is 246 g/mol. The predicted octanol–water partition coefficient (Wildman–Crippen LogP) is 2.17. The van der Waals surface area contributed by atoms with Gasteiger partial charge in [0.2, 0.25) is 11.8 Å². The van der Waals surface area contributed by atoms with E-state index >= 15 is 0 Å². The number of hydrogen-bond acceptors (Lipinski definition) is 4. The van der Waals surface area contributed by atoms with Crippen LogP contribution >= 0.6 is 0 Å². The number of aryl methyl sites for hydroxylation is 1. The molecule has 0 radical (unpaired) electrons. The molecular formula is C13H14N2O3. The maximum absolute atomic E-state index is 11.7. The van der Waals surface area contributed by atoms with Crippen LogP contribution in [0, 0.1) is 6.92 Å². The number of methoxy groups -OCH3 is 1. The molecule has 0 aliphatic heterocycles. The molecule has 1 aromatic heterocycles. The largest absolute Gasteiger partial charge is 0.497 e. The number of carbonyl (C=O) groups excluding carboxylic acids is 1. The van der Waals surface area contributed by atoms with E-state index in [0.717, 1.165) is 17.0 Å². The van der Waals surface area contributed by atoms with Gasteiger partial charge in [0.1, 0.15) is 5.75 Å². The van der Waals surface area contributed by atoms with Crippen molar-refractivity contribution < 1.29 is 14.1 Å². The molecule has 2 rings (SSSR count). The van der Waals surface area contributed by atoms with E-state index in [1.807, 2.05) is 24.3 Å². The molecule has 1 heterocycles. The first-order valence-corrected chi connectivity index (χ1v) is 5.53. The van der Waals surface area contributed by atoms with Crippen molar-refractivity contribution in [1.82, 2.24) is 5.16 Å². The minimum atomic E-state index is -0.142. The van der Waals surface area contributed by atoms with Crippen LogP contribution in [0.2, 0.25) is 0 Å². The van der Waals surface area contributed by atoms with Gasteiger partial charge in [0, 0.05) is 6.07 Å². The Balaban J connectivity index is 1.94. The van der Waals surface area contributed by atoms with Crippen molar-refractivity contribution in [1.29, 1.82) is 0 Å². The fraction of sp³-hybridized carbons (Fsp3) is 0.231. The third kappa shape index (κ3) is 3.10. The van der Waals surface area contributed by atoms with Crippen molar-refractivity contribution in [2.75, 3.05) is 12.4 Å². The summed E-state index contributed by atoms with van der Waals surface area (Å²) in [7, 11) is 1.61. The highest BCUT2D eigenvalue weighted by molar-refractivity contribution is 5.91. The number of ether oxygens (including phenoxy) is 1. The highest BCUT2D eigenvalue weighted by Gasteiger charge is 2.07. The van der Waals surface area contributed by atoms with Crippen LogP contribution in [0.15, 0.2) is 34.9 Å². The van der Waals surface area contributed by atoms with Crippen LogP contribution in [0.25, 0.3) is 0 Å². The van der Waals surface area contributed by atoms with Crippen LogP contribution in [-0.4, -0.2) is 18.2 Å². The summed E-state index contributed by atoms with van der Waals surface area (Å²) in [5.74, 6) is 0.993. The van der Waals surface area contributed by atoms with Crippen LogP contribution in [0.4, 0.5) is 5.88 Å². The molecule has 0 fully saturated rings. The van der Waals surface area contributed by atoms with Crippen molar-refractivity contribution in [2.24, 2.45) is 0 Å². The number of rotatable bonds is 4. The molecule has 0 saturated heterocycles. The first-order valence-electron chi connectivity index (χ1n) is 5.53. The lowest BCUT2D eigenvalue weighted by molar-refractivity contribution is -0.115. The number of hydrogen-bond donors (Lipinski definition) is 1. The summed E-state index contributed by atoms with van der Waals surface area (Å²) < 4.78 is 9.96. The molecule has 1 aromatic carbocycles. The lowest BCUT2D eigenvalue weighted by atomic mass is 10.1. The zero-order valence-corrected chi connectivity index (χ0v) is 10.3. The zero-order valence-electron chi connectivity index (χ0n) is 10.3. The predicted molar refractivity (Wildman–Crippen MR) is 66.6 cm³/mol. The van der Waals surface area contributed by atoms with Gasteiger partial charge in [0.15, 0.2) is 0 Å². The molecule has 0 bridgehead atoms. The van der Waals surface area contributed by atoms with Gasteiger partial charge in [-0.05, 0) is 24.6 Å². The molecule has 0 aliphatic carbocycles. The quantitative estimate of drug-likeness (QED) is 0.898. The van der Waals surface area contributed by atoms with Gasteiger partial charge in [-0.1, -0.05) is 17.3 Å². The summed E-state index contributed by atoms with van der Waals surface area (Å²) in [6, 6.07) is 9.02. The number of amides is 1. The summed E-state index contributed by atoms with van der Waals surface area (Å²) in [5, 5.41) is 6.33. The number of carbonyl (C=O) groups is 1. The topological polar surface area (TPSA) is 64.4 Å². The van der Waals surface area contributed by atoms with Crippen LogP contribution in [-0.2, 0) is 11.2 Å². The molecule has 1 amide bonds. The smallest absolute Gasteiger partial charge is 0.231 e. The molecular weight excluding hydrogens is 232 g/mol. The van der Waals surface area contributed by atoms with E-state index in [2.05, 4.69) is 10.5 Å². The molecule has 0 atom stereocenters. The van der Waals surface area contributed by atoms with E-state index in [1.165, 1.54) is 0 Å². The fourth-order valence-corrected chi connectivity index (χ4v) is 1.53. The van der Waals surface area contributed by atoms with Crippen LogP contribution < -0.4 is 10.1 Å². The van der Waals surface area contributed by atoms with Crippen LogP contribution in [0.3, 0.4) is 0 Å². The van der Waals surface area contributed by atoms with E-state index < -0.39 is 0 Å². The van der Waals surface area contributed by atoms with E-state index in [4.69, 9.17) is 9.26 Å². The SMILES string of the molecule is COc1ccc(CC(=O)Nc2cc(C)no2)cc1. The molecule has 0 saturated carbocycles. The fourth-order valence-electron chi connectivity index (χ4n) is 1.53. The van der Waals surface area contributed by atoms with Gasteiger partial charge in [-0.2, -0.15) is 0 Å². The number of benzene rings is 1. The third-order valence-corrected chi connectivity index (χ3v) is 2.41. The molecule has 0 unspecified atom stereocenters. The van der Waals surface area contributed by atoms with Gasteiger partial charge >= 0.3 is 0 Å². The van der Waals surface area contributed by atoms with Crippen LogP contribution in [0.5, 0.6) is 5.75 Å². The number of anilines is 1. The monoisotopic (exact) mass is 246 g/mol. The maximum Gasteiger partial charge on any atom is 0.231 e. The zero-order chi connectivity index (χ0) is 13.0. The van der Waals surface area contributed by atoms with Gasteiger partial charge in [0.25, 0.3) is 0 Å². The average Bonchev–Trinajstić information content (AvgIpc) is 2.75. The molecule has 18 heavy (non-hydrogen) atoms. The molecule has 94 valence electrons. The Morgan fingerprint density at radius 3 is 2.67 bits per heavy atom. The van der Waals surface area contributed by atoms with Gasteiger partial charge in [-0.25, -0.2) is 0 Å². The summed E-state index contributed by atoms with van der Waals surface area (Å²) >= 11 is 0. The Labute approximate surface area is 105 Å². The van der Waals surface area contributed by atoms with E-state index in [9.17, 15) is 4.79 Å². The normalized spacial score (nSPS) is 10.1. The van der Waals surface area contributed by atoms with Crippen molar-refractivity contribution in [2.45, 2.75) is 13.3 Å². The third-order valence-electron chi connectivity index (χ3n) is 2.41. The number of nitrogens with zero attached hydrogens (tertiary/aromatic N) is 1. The lowest BCUT2D eigenvalue weighted by Crippen LogP contribution is -2.13. The van der Waals surface area contributed by atoms with E-state index in [0.29, 0.717) is 5.88 Å². The molecule has 2 aromatic rings. The first-order chi connectivity index (χ1) is 8.67. The van der Waals surface area contributed by atoms with Crippen molar-refractivity contribution in [3.63, 3.8) is 0 Å². The Kier molecular flexibility index (Phi) is 3.62. The van der Waals surface area contributed by atoms with Crippen molar-refractivity contribution in [3.8, 4) is 5.75 Å². The van der Waals surface area contributed by atoms with Gasteiger partial charge < -0.3 is 9.26 Å². The van der Waals surface area contributed by atoms with Gasteiger partial charge in [-0.3, -0.25) is 10.1 Å². The Morgan fingerprint density at radius 2 is 2.11 bits per heavy atom. The summed E-state index contributed by atoms with van der Waals surface area (Å²) in [4.78, 5) is 11.7. The molecule has 0 spiro atoms. The van der Waals surface area contributed by atoms with Gasteiger partial charge in [-0.15, -0.1) is 0 Å². The second kappa shape index (κ2) is 5.35. The minimum Gasteiger partial charge on any atom is -0.497 e. The first kappa shape index (κ1) is 12.2. The summed E-state index contributed by atoms with van der Waals surface area (Å²) in [6.45, 7) is 1.79. The maximum atomic E-state index is 11.7. The molecule has 5 heteroatoms. The highest BCUT2D eigenvalue weighted by atomic mass is 16.5. The van der Waals surface area contributed by atoms with Gasteiger partial charge in [0.05, 0.1) is 19.2 Å². The summed E-state index contributed by atoms with van der Waals surface area (Å²) in [6.07, 6.45) is 0.281. The molecule has 0 aliphatic rings. The Bertz CT molecular complexity index is 531. The summed E-state index contributed by atoms with van der Waals surface area (Å²) in [5.41, 5.74) is 1.64. The number of nitrogens with one attached hydrogen (secondary N) is 1.